The zero-order valence-corrected chi connectivity index (χ0v) is 9.44. The van der Waals surface area contributed by atoms with E-state index in [1.54, 1.807) is 6.61 Å². The molecule has 0 radical (unpaired) electrons. The second-order valence-electron chi connectivity index (χ2n) is 1.39. The van der Waals surface area contributed by atoms with Gasteiger partial charge in [-0.15, -0.1) is 0 Å². The Morgan fingerprint density at radius 1 is 1.36 bits per heavy atom. The third kappa shape index (κ3) is 18.1. The van der Waals surface area contributed by atoms with Crippen molar-refractivity contribution in [1.29, 1.82) is 0 Å². The van der Waals surface area contributed by atoms with Gasteiger partial charge in [0.25, 0.3) is 0 Å². The van der Waals surface area contributed by atoms with Gasteiger partial charge in [-0.1, -0.05) is 6.61 Å². The van der Waals surface area contributed by atoms with Crippen LogP contribution < -0.4 is 51.4 Å². The quantitative estimate of drug-likeness (QED) is 0.322. The third-order valence-corrected chi connectivity index (χ3v) is 0.649. The van der Waals surface area contributed by atoms with Crippen LogP contribution in [0.25, 0.3) is 0 Å². The summed E-state index contributed by atoms with van der Waals surface area (Å²) < 4.78 is 9.71. The molecule has 1 aliphatic rings. The van der Waals surface area contributed by atoms with Crippen LogP contribution in [0.4, 0.5) is 4.79 Å². The fourth-order valence-electron chi connectivity index (χ4n) is 0.370. The van der Waals surface area contributed by atoms with Crippen LogP contribution in [-0.4, -0.2) is 36.2 Å². The van der Waals surface area contributed by atoms with Crippen LogP contribution in [0.3, 0.4) is 0 Å². The summed E-state index contributed by atoms with van der Waals surface area (Å²) in [6.07, 6.45) is -1.83. The van der Waals surface area contributed by atoms with E-state index in [0.29, 0.717) is 6.61 Å². The number of carboxylic acid groups (broad SMARTS) is 2. The Balaban J connectivity index is 0. The Morgan fingerprint density at radius 2 is 1.91 bits per heavy atom. The minimum absolute atomic E-state index is 0. The molecule has 0 spiro atoms. The molecule has 1 aliphatic heterocycles. The molecule has 0 aromatic carbocycles. The zero-order chi connectivity index (χ0) is 7.82. The summed E-state index contributed by atoms with van der Waals surface area (Å²) in [6, 6.07) is 0. The molecular formula is C5H9KO5. The molecule has 0 unspecified atom stereocenters. The van der Waals surface area contributed by atoms with E-state index in [4.69, 9.17) is 24.5 Å². The standard InChI is InChI=1S/C4H7O2.CH2O3.K/c1-2-6-4-3-5-1;2-1(3)4;/h1H,2-4H2;(H2,2,3,4);/q-1;;+1. The van der Waals surface area contributed by atoms with Crippen molar-refractivity contribution in [1.82, 2.24) is 0 Å². The zero-order valence-electron chi connectivity index (χ0n) is 6.32. The van der Waals surface area contributed by atoms with Crippen LogP contribution in [0.1, 0.15) is 0 Å². The van der Waals surface area contributed by atoms with E-state index >= 15 is 0 Å². The summed E-state index contributed by atoms with van der Waals surface area (Å²) in [5, 5.41) is 13.9. The molecule has 6 heteroatoms. The van der Waals surface area contributed by atoms with Crippen LogP contribution in [0, 0.1) is 6.61 Å². The van der Waals surface area contributed by atoms with E-state index in [1.165, 1.54) is 0 Å². The summed E-state index contributed by atoms with van der Waals surface area (Å²) >= 11 is 0. The number of hydrogen-bond acceptors (Lipinski definition) is 3. The van der Waals surface area contributed by atoms with Gasteiger partial charge in [-0.05, 0) is 0 Å². The maximum atomic E-state index is 8.56. The summed E-state index contributed by atoms with van der Waals surface area (Å²) in [4.78, 5) is 8.56. The molecule has 0 aliphatic carbocycles. The molecule has 1 heterocycles. The fourth-order valence-corrected chi connectivity index (χ4v) is 0.370. The molecule has 1 saturated heterocycles. The Kier molecular flexibility index (Phi) is 14.1. The second kappa shape index (κ2) is 10.8. The molecule has 0 aromatic rings. The molecule has 1 fully saturated rings. The largest absolute Gasteiger partial charge is 1.00 e. The Bertz CT molecular complexity index is 77.4. The van der Waals surface area contributed by atoms with Crippen molar-refractivity contribution >= 4 is 6.16 Å². The minimum Gasteiger partial charge on any atom is -0.548 e. The van der Waals surface area contributed by atoms with Gasteiger partial charge in [-0.25, -0.2) is 4.79 Å². The van der Waals surface area contributed by atoms with E-state index in [0.717, 1.165) is 13.2 Å². The van der Waals surface area contributed by atoms with Gasteiger partial charge in [0.05, 0.1) is 6.61 Å². The van der Waals surface area contributed by atoms with Gasteiger partial charge in [0.1, 0.15) is 0 Å². The van der Waals surface area contributed by atoms with Crippen LogP contribution >= 0.6 is 0 Å². The fraction of sp³-hybridized carbons (Fsp3) is 0.600. The average molecular weight is 188 g/mol. The number of ether oxygens (including phenoxy) is 2. The van der Waals surface area contributed by atoms with Gasteiger partial charge >= 0.3 is 57.5 Å². The van der Waals surface area contributed by atoms with Crippen molar-refractivity contribution in [2.45, 2.75) is 0 Å². The van der Waals surface area contributed by atoms with E-state index in [1.807, 2.05) is 0 Å². The van der Waals surface area contributed by atoms with E-state index in [9.17, 15) is 0 Å². The Hall–Kier alpha value is 0.826. The Labute approximate surface area is 107 Å². The van der Waals surface area contributed by atoms with Gasteiger partial charge < -0.3 is 19.7 Å². The topological polar surface area (TPSA) is 76.0 Å². The average Bonchev–Trinajstić information content (AvgIpc) is 1.90. The first kappa shape index (κ1) is 14.4. The van der Waals surface area contributed by atoms with Gasteiger partial charge in [0.15, 0.2) is 0 Å². The van der Waals surface area contributed by atoms with E-state index in [-0.39, 0.29) is 51.4 Å². The Morgan fingerprint density at radius 3 is 2.00 bits per heavy atom. The first-order chi connectivity index (χ1) is 4.73. The smallest absolute Gasteiger partial charge is 0.548 e. The monoisotopic (exact) mass is 188 g/mol. The van der Waals surface area contributed by atoms with Crippen molar-refractivity contribution in [2.75, 3.05) is 19.8 Å². The number of hydrogen-bond donors (Lipinski definition) is 2. The molecule has 1 rings (SSSR count). The molecule has 11 heavy (non-hydrogen) atoms. The van der Waals surface area contributed by atoms with Crippen molar-refractivity contribution in [3.63, 3.8) is 0 Å². The third-order valence-electron chi connectivity index (χ3n) is 0.649. The number of rotatable bonds is 0. The SMILES string of the molecule is O=C(O)O.[CH-]1COCCO1.[K+]. The van der Waals surface area contributed by atoms with Crippen molar-refractivity contribution < 1.29 is 75.9 Å². The molecule has 60 valence electrons. The summed E-state index contributed by atoms with van der Waals surface area (Å²) in [5.74, 6) is 0. The molecule has 2 N–H and O–H groups in total. The van der Waals surface area contributed by atoms with Crippen molar-refractivity contribution in [3.05, 3.63) is 6.61 Å². The van der Waals surface area contributed by atoms with E-state index in [2.05, 4.69) is 0 Å². The molecule has 0 aromatic heterocycles. The molecule has 0 amide bonds. The summed E-state index contributed by atoms with van der Waals surface area (Å²) in [5.41, 5.74) is 0. The normalized spacial score (nSPS) is 15.3. The summed E-state index contributed by atoms with van der Waals surface area (Å²) in [7, 11) is 0. The first-order valence-corrected chi connectivity index (χ1v) is 2.66. The molecule has 0 bridgehead atoms. The van der Waals surface area contributed by atoms with Crippen molar-refractivity contribution in [3.8, 4) is 0 Å². The van der Waals surface area contributed by atoms with Gasteiger partial charge in [0.2, 0.25) is 0 Å². The number of carbonyl (C=O) groups is 1. The molecular weight excluding hydrogens is 179 g/mol. The van der Waals surface area contributed by atoms with Gasteiger partial charge in [-0.2, -0.15) is 6.61 Å². The van der Waals surface area contributed by atoms with Crippen LogP contribution in [0.5, 0.6) is 0 Å². The summed E-state index contributed by atoms with van der Waals surface area (Å²) in [6.45, 7) is 3.79. The van der Waals surface area contributed by atoms with Crippen LogP contribution in [0.15, 0.2) is 0 Å². The predicted octanol–water partition coefficient (Wildman–Crippen LogP) is -2.58. The second-order valence-corrected chi connectivity index (χ2v) is 1.39. The predicted molar refractivity (Wildman–Crippen MR) is 31.7 cm³/mol. The molecule has 0 atom stereocenters. The minimum atomic E-state index is -1.83. The maximum Gasteiger partial charge on any atom is 1.00 e. The van der Waals surface area contributed by atoms with Crippen LogP contribution in [0.2, 0.25) is 0 Å². The molecule has 5 nitrogen and oxygen atoms in total. The van der Waals surface area contributed by atoms with E-state index < -0.39 is 6.16 Å². The first-order valence-electron chi connectivity index (χ1n) is 2.66. The van der Waals surface area contributed by atoms with Gasteiger partial charge in [0, 0.05) is 6.61 Å². The van der Waals surface area contributed by atoms with Crippen molar-refractivity contribution in [2.24, 2.45) is 0 Å². The van der Waals surface area contributed by atoms with Gasteiger partial charge in [-0.3, -0.25) is 0 Å². The maximum absolute atomic E-state index is 8.56. The molecule has 0 saturated carbocycles. The van der Waals surface area contributed by atoms with Crippen LogP contribution in [-0.2, 0) is 9.47 Å².